The smallest absolute Gasteiger partial charge is 0.278 e. The van der Waals surface area contributed by atoms with Crippen molar-refractivity contribution in [2.24, 2.45) is 5.92 Å². The van der Waals surface area contributed by atoms with Gasteiger partial charge in [0.2, 0.25) is 11.8 Å². The van der Waals surface area contributed by atoms with Crippen LogP contribution in [0, 0.1) is 12.8 Å². The fourth-order valence-corrected chi connectivity index (χ4v) is 3.35. The molecule has 1 aliphatic rings. The standard InChI is InChI=1S/C23H24N4O3/c1-15-7-6-12-24-20(15)27-22(29)19-14-30-23(26-19)18(13-16-8-3-2-4-9-16)25-21(28)17-10-5-11-17/h2-4,6-9,12,14,17-18H,5,10-11,13H2,1H3,(H,25,28)(H,24,27,29)/t18-/m1/s1. The maximum Gasteiger partial charge on any atom is 0.278 e. The van der Waals surface area contributed by atoms with Crippen LogP contribution in [0.25, 0.3) is 0 Å². The summed E-state index contributed by atoms with van der Waals surface area (Å²) in [6, 6.07) is 13.0. The highest BCUT2D eigenvalue weighted by molar-refractivity contribution is 6.02. The zero-order valence-corrected chi connectivity index (χ0v) is 16.8. The van der Waals surface area contributed by atoms with E-state index in [4.69, 9.17) is 4.42 Å². The molecule has 0 saturated heterocycles. The van der Waals surface area contributed by atoms with Crippen LogP contribution in [0.4, 0.5) is 5.82 Å². The molecule has 2 heterocycles. The SMILES string of the molecule is Cc1cccnc1NC(=O)c1coc([C@@H](Cc2ccccc2)NC(=O)C2CCC2)n1. The van der Waals surface area contributed by atoms with E-state index in [0.717, 1.165) is 30.4 Å². The van der Waals surface area contributed by atoms with Gasteiger partial charge in [0, 0.05) is 18.5 Å². The molecule has 7 heteroatoms. The largest absolute Gasteiger partial charge is 0.446 e. The fourth-order valence-electron chi connectivity index (χ4n) is 3.35. The number of carbonyl (C=O) groups is 2. The van der Waals surface area contributed by atoms with E-state index >= 15 is 0 Å². The quantitative estimate of drug-likeness (QED) is 0.624. The molecule has 1 saturated carbocycles. The van der Waals surface area contributed by atoms with Gasteiger partial charge in [0.1, 0.15) is 18.1 Å². The van der Waals surface area contributed by atoms with Crippen molar-refractivity contribution < 1.29 is 14.0 Å². The molecule has 0 spiro atoms. The van der Waals surface area contributed by atoms with E-state index < -0.39 is 11.9 Å². The van der Waals surface area contributed by atoms with Crippen molar-refractivity contribution in [3.8, 4) is 0 Å². The summed E-state index contributed by atoms with van der Waals surface area (Å²) in [7, 11) is 0. The summed E-state index contributed by atoms with van der Waals surface area (Å²) in [5, 5.41) is 5.80. The highest BCUT2D eigenvalue weighted by Gasteiger charge is 2.29. The third kappa shape index (κ3) is 4.56. The van der Waals surface area contributed by atoms with E-state index in [2.05, 4.69) is 20.6 Å². The average Bonchev–Trinajstić information content (AvgIpc) is 3.19. The Kier molecular flexibility index (Phi) is 5.88. The molecule has 7 nitrogen and oxygen atoms in total. The number of anilines is 1. The first-order valence-corrected chi connectivity index (χ1v) is 10.1. The van der Waals surface area contributed by atoms with Crippen LogP contribution in [0.1, 0.15) is 52.8 Å². The molecule has 3 aromatic rings. The van der Waals surface area contributed by atoms with E-state index in [0.29, 0.717) is 18.1 Å². The predicted octanol–water partition coefficient (Wildman–Crippen LogP) is 3.83. The van der Waals surface area contributed by atoms with Crippen molar-refractivity contribution in [1.82, 2.24) is 15.3 Å². The second-order valence-corrected chi connectivity index (χ2v) is 7.57. The van der Waals surface area contributed by atoms with Crippen molar-refractivity contribution in [2.75, 3.05) is 5.32 Å². The lowest BCUT2D eigenvalue weighted by Gasteiger charge is -2.26. The Hall–Kier alpha value is -3.48. The first-order valence-electron chi connectivity index (χ1n) is 10.1. The zero-order chi connectivity index (χ0) is 20.9. The van der Waals surface area contributed by atoms with Gasteiger partial charge in [0.25, 0.3) is 5.91 Å². The maximum absolute atomic E-state index is 12.6. The molecule has 0 aliphatic heterocycles. The van der Waals surface area contributed by atoms with Gasteiger partial charge >= 0.3 is 0 Å². The van der Waals surface area contributed by atoms with Gasteiger partial charge in [-0.1, -0.05) is 42.8 Å². The van der Waals surface area contributed by atoms with Crippen molar-refractivity contribution >= 4 is 17.6 Å². The third-order valence-electron chi connectivity index (χ3n) is 5.37. The molecule has 4 rings (SSSR count). The van der Waals surface area contributed by atoms with Gasteiger partial charge in [-0.2, -0.15) is 0 Å². The molecule has 0 radical (unpaired) electrons. The molecule has 2 amide bonds. The average molecular weight is 404 g/mol. The summed E-state index contributed by atoms with van der Waals surface area (Å²) in [6.07, 6.45) is 6.36. The Labute approximate surface area is 174 Å². The Morgan fingerprint density at radius 3 is 2.67 bits per heavy atom. The summed E-state index contributed by atoms with van der Waals surface area (Å²) in [5.74, 6) is 0.444. The number of aromatic nitrogens is 2. The second kappa shape index (κ2) is 8.90. The molecule has 2 N–H and O–H groups in total. The Balaban J connectivity index is 1.51. The molecule has 30 heavy (non-hydrogen) atoms. The highest BCUT2D eigenvalue weighted by atomic mass is 16.3. The lowest BCUT2D eigenvalue weighted by molar-refractivity contribution is -0.128. The summed E-state index contributed by atoms with van der Waals surface area (Å²) in [5.41, 5.74) is 2.04. The van der Waals surface area contributed by atoms with Crippen LogP contribution >= 0.6 is 0 Å². The third-order valence-corrected chi connectivity index (χ3v) is 5.37. The first-order chi connectivity index (χ1) is 14.6. The van der Waals surface area contributed by atoms with Crippen LogP contribution < -0.4 is 10.6 Å². The molecule has 0 bridgehead atoms. The molecule has 1 fully saturated rings. The van der Waals surface area contributed by atoms with E-state index in [1.165, 1.54) is 6.26 Å². The van der Waals surface area contributed by atoms with Crippen molar-refractivity contribution in [1.29, 1.82) is 0 Å². The first kappa shape index (κ1) is 19.8. The molecule has 1 aromatic carbocycles. The Morgan fingerprint density at radius 1 is 1.17 bits per heavy atom. The number of hydrogen-bond acceptors (Lipinski definition) is 5. The molecule has 0 unspecified atom stereocenters. The summed E-state index contributed by atoms with van der Waals surface area (Å²) in [6.45, 7) is 1.86. The topological polar surface area (TPSA) is 97.1 Å². The van der Waals surface area contributed by atoms with Crippen LogP contribution in [0.5, 0.6) is 0 Å². The molecule has 2 aromatic heterocycles. The monoisotopic (exact) mass is 404 g/mol. The van der Waals surface area contributed by atoms with Gasteiger partial charge < -0.3 is 15.1 Å². The summed E-state index contributed by atoms with van der Waals surface area (Å²) in [4.78, 5) is 33.7. The van der Waals surface area contributed by atoms with Gasteiger partial charge in [-0.25, -0.2) is 9.97 Å². The second-order valence-electron chi connectivity index (χ2n) is 7.57. The van der Waals surface area contributed by atoms with Gasteiger partial charge in [-0.05, 0) is 37.0 Å². The number of nitrogens with one attached hydrogen (secondary N) is 2. The molecular weight excluding hydrogens is 380 g/mol. The normalized spacial score (nSPS) is 14.6. The molecular formula is C23H24N4O3. The number of rotatable bonds is 7. The fraction of sp³-hybridized carbons (Fsp3) is 0.304. The number of hydrogen-bond donors (Lipinski definition) is 2. The number of carbonyl (C=O) groups excluding carboxylic acids is 2. The molecule has 1 atom stereocenters. The zero-order valence-electron chi connectivity index (χ0n) is 16.8. The van der Waals surface area contributed by atoms with Crippen LogP contribution in [-0.2, 0) is 11.2 Å². The highest BCUT2D eigenvalue weighted by Crippen LogP contribution is 2.28. The van der Waals surface area contributed by atoms with E-state index in [-0.39, 0.29) is 17.5 Å². The van der Waals surface area contributed by atoms with Crippen molar-refractivity contribution in [3.05, 3.63) is 77.6 Å². The number of benzene rings is 1. The van der Waals surface area contributed by atoms with Gasteiger partial charge in [-0.15, -0.1) is 0 Å². The number of pyridine rings is 1. The number of oxazole rings is 1. The van der Waals surface area contributed by atoms with E-state index in [9.17, 15) is 9.59 Å². The summed E-state index contributed by atoms with van der Waals surface area (Å²) < 4.78 is 5.61. The lowest BCUT2D eigenvalue weighted by Crippen LogP contribution is -2.37. The van der Waals surface area contributed by atoms with Crippen LogP contribution in [-0.4, -0.2) is 21.8 Å². The lowest BCUT2D eigenvalue weighted by atomic mass is 9.84. The van der Waals surface area contributed by atoms with Gasteiger partial charge in [0.05, 0.1) is 0 Å². The minimum absolute atomic E-state index is 0.00972. The van der Waals surface area contributed by atoms with E-state index in [1.54, 1.807) is 12.3 Å². The summed E-state index contributed by atoms with van der Waals surface area (Å²) >= 11 is 0. The Bertz CT molecular complexity index is 1030. The Morgan fingerprint density at radius 2 is 1.97 bits per heavy atom. The number of aryl methyl sites for hydroxylation is 1. The molecule has 1 aliphatic carbocycles. The van der Waals surface area contributed by atoms with Crippen LogP contribution in [0.2, 0.25) is 0 Å². The minimum Gasteiger partial charge on any atom is -0.446 e. The van der Waals surface area contributed by atoms with Crippen LogP contribution in [0.15, 0.2) is 59.3 Å². The van der Waals surface area contributed by atoms with Crippen molar-refractivity contribution in [2.45, 2.75) is 38.6 Å². The van der Waals surface area contributed by atoms with Gasteiger partial charge in [0.15, 0.2) is 5.69 Å². The number of nitrogens with zero attached hydrogens (tertiary/aromatic N) is 2. The maximum atomic E-state index is 12.6. The van der Waals surface area contributed by atoms with Crippen molar-refractivity contribution in [3.63, 3.8) is 0 Å². The number of amides is 2. The van der Waals surface area contributed by atoms with E-state index in [1.807, 2.05) is 43.3 Å². The van der Waals surface area contributed by atoms with Crippen LogP contribution in [0.3, 0.4) is 0 Å². The predicted molar refractivity (Wildman–Crippen MR) is 112 cm³/mol. The molecule has 154 valence electrons. The minimum atomic E-state index is -0.446. The van der Waals surface area contributed by atoms with Gasteiger partial charge in [-0.3, -0.25) is 9.59 Å².